The monoisotopic (exact) mass is 324 g/mol. The van der Waals surface area contributed by atoms with Crippen LogP contribution in [0.25, 0.3) is 0 Å². The number of hydrogen-bond donors (Lipinski definition) is 2. The average molecular weight is 324 g/mol. The molecule has 0 aliphatic heterocycles. The fourth-order valence-corrected chi connectivity index (χ4v) is 1.90. The van der Waals surface area contributed by atoms with Gasteiger partial charge in [-0.05, 0) is 24.3 Å². The first-order chi connectivity index (χ1) is 11.0. The number of hydrogen-bond acceptors (Lipinski definition) is 3. The number of amides is 1. The molecule has 0 fully saturated rings. The van der Waals surface area contributed by atoms with Crippen LogP contribution in [-0.4, -0.2) is 19.6 Å². The standard InChI is InChI=1S/C16H15F3N2O2/c1-23-11-4-2-3-10(9-11)21-14(22)7-8-20-13-6-5-12(17)15(18)16(13)19/h2-6,9,20H,7-8H2,1H3,(H,21,22). The van der Waals surface area contributed by atoms with Gasteiger partial charge in [0.25, 0.3) is 0 Å². The minimum absolute atomic E-state index is 0.0235. The van der Waals surface area contributed by atoms with Gasteiger partial charge in [0.15, 0.2) is 17.5 Å². The SMILES string of the molecule is COc1cccc(NC(=O)CCNc2ccc(F)c(F)c2F)c1. The van der Waals surface area contributed by atoms with Gasteiger partial charge in [-0.3, -0.25) is 4.79 Å². The zero-order valence-corrected chi connectivity index (χ0v) is 12.3. The second kappa shape index (κ2) is 7.53. The number of carbonyl (C=O) groups excluding carboxylic acids is 1. The second-order valence-corrected chi connectivity index (χ2v) is 4.68. The fourth-order valence-electron chi connectivity index (χ4n) is 1.90. The van der Waals surface area contributed by atoms with Gasteiger partial charge in [-0.2, -0.15) is 0 Å². The molecule has 0 unspecified atom stereocenters. The van der Waals surface area contributed by atoms with Crippen LogP contribution < -0.4 is 15.4 Å². The molecule has 1 amide bonds. The van der Waals surface area contributed by atoms with E-state index in [4.69, 9.17) is 4.74 Å². The topological polar surface area (TPSA) is 50.4 Å². The quantitative estimate of drug-likeness (QED) is 0.799. The lowest BCUT2D eigenvalue weighted by atomic mass is 10.2. The largest absolute Gasteiger partial charge is 0.497 e. The van der Waals surface area contributed by atoms with Crippen LogP contribution in [0.5, 0.6) is 5.75 Å². The van der Waals surface area contributed by atoms with Crippen molar-refractivity contribution in [1.82, 2.24) is 0 Å². The first kappa shape index (κ1) is 16.7. The van der Waals surface area contributed by atoms with E-state index in [9.17, 15) is 18.0 Å². The lowest BCUT2D eigenvalue weighted by Gasteiger charge is -2.09. The highest BCUT2D eigenvalue weighted by molar-refractivity contribution is 5.91. The third kappa shape index (κ3) is 4.38. The molecule has 2 aromatic rings. The van der Waals surface area contributed by atoms with E-state index in [1.54, 1.807) is 24.3 Å². The molecule has 0 radical (unpaired) electrons. The molecule has 0 bridgehead atoms. The Labute approximate surface area is 131 Å². The van der Waals surface area contributed by atoms with Crippen molar-refractivity contribution in [2.75, 3.05) is 24.3 Å². The van der Waals surface area contributed by atoms with Gasteiger partial charge in [0.2, 0.25) is 5.91 Å². The molecule has 0 aliphatic rings. The summed E-state index contributed by atoms with van der Waals surface area (Å²) in [5, 5.41) is 5.20. The molecule has 2 aromatic carbocycles. The van der Waals surface area contributed by atoms with Crippen LogP contribution >= 0.6 is 0 Å². The van der Waals surface area contributed by atoms with Crippen LogP contribution in [0.3, 0.4) is 0 Å². The van der Waals surface area contributed by atoms with Gasteiger partial charge in [0, 0.05) is 24.7 Å². The van der Waals surface area contributed by atoms with Crippen molar-refractivity contribution in [1.29, 1.82) is 0 Å². The predicted molar refractivity (Wildman–Crippen MR) is 81.0 cm³/mol. The first-order valence-corrected chi connectivity index (χ1v) is 6.82. The number of ether oxygens (including phenoxy) is 1. The maximum atomic E-state index is 13.4. The van der Waals surface area contributed by atoms with Crippen LogP contribution in [-0.2, 0) is 4.79 Å². The second-order valence-electron chi connectivity index (χ2n) is 4.68. The Kier molecular flexibility index (Phi) is 5.46. The maximum Gasteiger partial charge on any atom is 0.226 e. The summed E-state index contributed by atoms with van der Waals surface area (Å²) < 4.78 is 44.3. The van der Waals surface area contributed by atoms with Gasteiger partial charge in [0.1, 0.15) is 5.75 Å². The molecule has 0 heterocycles. The van der Waals surface area contributed by atoms with Gasteiger partial charge < -0.3 is 15.4 Å². The molecule has 122 valence electrons. The Morgan fingerprint density at radius 2 is 1.91 bits per heavy atom. The highest BCUT2D eigenvalue weighted by Crippen LogP contribution is 2.20. The molecule has 0 saturated heterocycles. The van der Waals surface area contributed by atoms with Crippen molar-refractivity contribution in [2.24, 2.45) is 0 Å². The summed E-state index contributed by atoms with van der Waals surface area (Å²) in [5.74, 6) is -3.82. The average Bonchev–Trinajstić information content (AvgIpc) is 2.55. The van der Waals surface area contributed by atoms with E-state index in [1.807, 2.05) is 0 Å². The molecule has 4 nitrogen and oxygen atoms in total. The van der Waals surface area contributed by atoms with Crippen LogP contribution in [0.2, 0.25) is 0 Å². The van der Waals surface area contributed by atoms with Crippen molar-refractivity contribution >= 4 is 17.3 Å². The molecule has 0 aliphatic carbocycles. The highest BCUT2D eigenvalue weighted by atomic mass is 19.2. The number of rotatable bonds is 6. The van der Waals surface area contributed by atoms with Gasteiger partial charge in [-0.25, -0.2) is 13.2 Å². The highest BCUT2D eigenvalue weighted by Gasteiger charge is 2.13. The number of nitrogens with one attached hydrogen (secondary N) is 2. The Balaban J connectivity index is 1.86. The lowest BCUT2D eigenvalue weighted by Crippen LogP contribution is -2.16. The summed E-state index contributed by atoms with van der Waals surface area (Å²) in [7, 11) is 1.52. The summed E-state index contributed by atoms with van der Waals surface area (Å²) in [6, 6.07) is 8.71. The number of methoxy groups -OCH3 is 1. The minimum Gasteiger partial charge on any atom is -0.497 e. The lowest BCUT2D eigenvalue weighted by molar-refractivity contribution is -0.115. The fraction of sp³-hybridized carbons (Fsp3) is 0.188. The maximum absolute atomic E-state index is 13.4. The third-order valence-corrected chi connectivity index (χ3v) is 3.06. The van der Waals surface area contributed by atoms with E-state index >= 15 is 0 Å². The molecule has 2 rings (SSSR count). The van der Waals surface area contributed by atoms with E-state index in [2.05, 4.69) is 10.6 Å². The number of carbonyl (C=O) groups is 1. The Hall–Kier alpha value is -2.70. The van der Waals surface area contributed by atoms with Crippen LogP contribution in [0.1, 0.15) is 6.42 Å². The van der Waals surface area contributed by atoms with Gasteiger partial charge in [0.05, 0.1) is 12.8 Å². The molecule has 0 saturated carbocycles. The zero-order chi connectivity index (χ0) is 16.8. The Morgan fingerprint density at radius 1 is 1.13 bits per heavy atom. The Bertz CT molecular complexity index is 708. The summed E-state index contributed by atoms with van der Waals surface area (Å²) in [4.78, 5) is 11.8. The van der Waals surface area contributed by atoms with E-state index < -0.39 is 17.5 Å². The van der Waals surface area contributed by atoms with Crippen molar-refractivity contribution < 1.29 is 22.7 Å². The summed E-state index contributed by atoms with van der Waals surface area (Å²) in [5.41, 5.74) is 0.367. The molecule has 7 heteroatoms. The van der Waals surface area contributed by atoms with Gasteiger partial charge in [-0.1, -0.05) is 6.07 Å². The van der Waals surface area contributed by atoms with E-state index in [1.165, 1.54) is 7.11 Å². The third-order valence-electron chi connectivity index (χ3n) is 3.06. The van der Waals surface area contributed by atoms with Crippen LogP contribution in [0, 0.1) is 17.5 Å². The molecule has 23 heavy (non-hydrogen) atoms. The van der Waals surface area contributed by atoms with E-state index in [0.717, 1.165) is 12.1 Å². The number of benzene rings is 2. The van der Waals surface area contributed by atoms with Crippen LogP contribution in [0.15, 0.2) is 36.4 Å². The predicted octanol–water partition coefficient (Wildman–Crippen LogP) is 3.55. The molecule has 2 N–H and O–H groups in total. The summed E-state index contributed by atoms with van der Waals surface area (Å²) >= 11 is 0. The minimum atomic E-state index is -1.55. The molecular formula is C16H15F3N2O2. The van der Waals surface area contributed by atoms with Crippen molar-refractivity contribution in [3.05, 3.63) is 53.8 Å². The molecular weight excluding hydrogens is 309 g/mol. The molecule has 0 aromatic heterocycles. The van der Waals surface area contributed by atoms with Crippen molar-refractivity contribution in [3.8, 4) is 5.75 Å². The van der Waals surface area contributed by atoms with Crippen molar-refractivity contribution in [3.63, 3.8) is 0 Å². The summed E-state index contributed by atoms with van der Waals surface area (Å²) in [6.07, 6.45) is 0.0235. The zero-order valence-electron chi connectivity index (χ0n) is 12.3. The van der Waals surface area contributed by atoms with E-state index in [0.29, 0.717) is 11.4 Å². The van der Waals surface area contributed by atoms with E-state index in [-0.39, 0.29) is 24.6 Å². The van der Waals surface area contributed by atoms with Crippen LogP contribution in [0.4, 0.5) is 24.5 Å². The number of halogens is 3. The smallest absolute Gasteiger partial charge is 0.226 e. The summed E-state index contributed by atoms with van der Waals surface area (Å²) in [6.45, 7) is 0.0673. The molecule has 0 spiro atoms. The van der Waals surface area contributed by atoms with Gasteiger partial charge in [-0.15, -0.1) is 0 Å². The van der Waals surface area contributed by atoms with Crippen molar-refractivity contribution in [2.45, 2.75) is 6.42 Å². The first-order valence-electron chi connectivity index (χ1n) is 6.82. The molecule has 0 atom stereocenters. The normalized spacial score (nSPS) is 10.3. The Morgan fingerprint density at radius 3 is 2.65 bits per heavy atom. The number of anilines is 2. The van der Waals surface area contributed by atoms with Gasteiger partial charge >= 0.3 is 0 Å².